The first kappa shape index (κ1) is 20.4. The summed E-state index contributed by atoms with van der Waals surface area (Å²) in [7, 11) is 0. The number of Topliss-reactive ketones (excluding diaryl/α,β-unsaturated/α-hetero) is 1. The smallest absolute Gasteiger partial charge is 0.134 e. The second kappa shape index (κ2) is 17.1. The predicted octanol–water partition coefficient (Wildman–Crippen LogP) is 4.66. The highest BCUT2D eigenvalue weighted by molar-refractivity contribution is 5.78. The predicted molar refractivity (Wildman–Crippen MR) is 86.6 cm³/mol. The van der Waals surface area contributed by atoms with Gasteiger partial charge in [-0.3, -0.25) is 4.79 Å². The van der Waals surface area contributed by atoms with E-state index in [1.807, 2.05) is 13.8 Å². The second-order valence-corrected chi connectivity index (χ2v) is 4.60. The van der Waals surface area contributed by atoms with E-state index in [1.54, 1.807) is 0 Å². The normalized spacial score (nSPS) is 11.3. The van der Waals surface area contributed by atoms with Crippen molar-refractivity contribution >= 4 is 5.78 Å². The molecule has 0 saturated carbocycles. The molecule has 0 aliphatic rings. The van der Waals surface area contributed by atoms with Gasteiger partial charge in [0.2, 0.25) is 0 Å². The fourth-order valence-electron chi connectivity index (χ4n) is 1.39. The summed E-state index contributed by atoms with van der Waals surface area (Å²) < 4.78 is 0. The van der Waals surface area contributed by atoms with E-state index in [0.29, 0.717) is 18.6 Å². The van der Waals surface area contributed by atoms with Crippen LogP contribution in [0.3, 0.4) is 0 Å². The standard InChI is InChI=1S/C14H25NO.C3H8/c1-4-7-9-13(6-3)12-15-11-10-14(16)8-5-2;1-3-2/h6-7,9,15H,4-5,8,10-12H2,1-3H3;3H2,1-2H3/b9-7-,13-6+;. The van der Waals surface area contributed by atoms with Crippen LogP contribution >= 0.6 is 0 Å². The summed E-state index contributed by atoms with van der Waals surface area (Å²) in [6.45, 7) is 12.1. The molecule has 0 aromatic rings. The van der Waals surface area contributed by atoms with Crippen LogP contribution in [-0.2, 0) is 4.79 Å². The van der Waals surface area contributed by atoms with Crippen LogP contribution < -0.4 is 5.32 Å². The highest BCUT2D eigenvalue weighted by Crippen LogP contribution is 1.97. The zero-order chi connectivity index (χ0) is 14.9. The average molecular weight is 267 g/mol. The van der Waals surface area contributed by atoms with Gasteiger partial charge in [-0.2, -0.15) is 0 Å². The zero-order valence-corrected chi connectivity index (χ0v) is 13.6. The molecule has 0 bridgehead atoms. The fraction of sp³-hybridized carbons (Fsp3) is 0.706. The molecule has 0 heterocycles. The minimum Gasteiger partial charge on any atom is -0.312 e. The van der Waals surface area contributed by atoms with Crippen molar-refractivity contribution in [2.75, 3.05) is 13.1 Å². The van der Waals surface area contributed by atoms with Gasteiger partial charge in [0.05, 0.1) is 0 Å². The number of ketones is 1. The minimum absolute atomic E-state index is 0.362. The van der Waals surface area contributed by atoms with E-state index in [1.165, 1.54) is 12.0 Å². The van der Waals surface area contributed by atoms with Crippen molar-refractivity contribution in [2.24, 2.45) is 0 Å². The van der Waals surface area contributed by atoms with E-state index in [-0.39, 0.29) is 0 Å². The van der Waals surface area contributed by atoms with Crippen molar-refractivity contribution in [1.29, 1.82) is 0 Å². The third-order valence-electron chi connectivity index (χ3n) is 2.38. The van der Waals surface area contributed by atoms with E-state index in [4.69, 9.17) is 0 Å². The number of hydrogen-bond acceptors (Lipinski definition) is 2. The van der Waals surface area contributed by atoms with Gasteiger partial charge < -0.3 is 5.32 Å². The first-order valence-electron chi connectivity index (χ1n) is 7.70. The van der Waals surface area contributed by atoms with Crippen LogP contribution in [-0.4, -0.2) is 18.9 Å². The monoisotopic (exact) mass is 267 g/mol. The van der Waals surface area contributed by atoms with Gasteiger partial charge in [-0.15, -0.1) is 0 Å². The third-order valence-corrected chi connectivity index (χ3v) is 2.38. The Labute approximate surface area is 120 Å². The van der Waals surface area contributed by atoms with Crippen molar-refractivity contribution < 1.29 is 4.79 Å². The van der Waals surface area contributed by atoms with Crippen molar-refractivity contribution in [3.63, 3.8) is 0 Å². The van der Waals surface area contributed by atoms with Crippen LogP contribution in [0, 0.1) is 0 Å². The molecule has 0 atom stereocenters. The molecule has 112 valence electrons. The Bertz CT molecular complexity index is 254. The summed E-state index contributed by atoms with van der Waals surface area (Å²) in [5, 5.41) is 3.29. The Morgan fingerprint density at radius 1 is 1.11 bits per heavy atom. The molecule has 19 heavy (non-hydrogen) atoms. The molecule has 0 saturated heterocycles. The molecule has 0 aromatic heterocycles. The molecule has 0 fully saturated rings. The van der Waals surface area contributed by atoms with Crippen LogP contribution in [0.25, 0.3) is 0 Å². The Hall–Kier alpha value is -0.890. The molecule has 0 aliphatic carbocycles. The van der Waals surface area contributed by atoms with E-state index in [0.717, 1.165) is 25.9 Å². The lowest BCUT2D eigenvalue weighted by molar-refractivity contribution is -0.119. The molecule has 0 unspecified atom stereocenters. The van der Waals surface area contributed by atoms with Crippen molar-refractivity contribution in [2.45, 2.75) is 66.7 Å². The van der Waals surface area contributed by atoms with E-state index >= 15 is 0 Å². The summed E-state index contributed by atoms with van der Waals surface area (Å²) in [6, 6.07) is 0. The number of hydrogen-bond donors (Lipinski definition) is 1. The van der Waals surface area contributed by atoms with Crippen molar-refractivity contribution in [3.05, 3.63) is 23.8 Å². The highest BCUT2D eigenvalue weighted by atomic mass is 16.1. The maximum Gasteiger partial charge on any atom is 0.134 e. The highest BCUT2D eigenvalue weighted by Gasteiger charge is 1.99. The maximum absolute atomic E-state index is 11.3. The second-order valence-electron chi connectivity index (χ2n) is 4.60. The maximum atomic E-state index is 11.3. The van der Waals surface area contributed by atoms with Gasteiger partial charge in [-0.1, -0.05) is 52.3 Å². The fourth-order valence-corrected chi connectivity index (χ4v) is 1.39. The average Bonchev–Trinajstić information content (AvgIpc) is 2.39. The molecule has 0 aromatic carbocycles. The Kier molecular flexibility index (Phi) is 18.4. The number of nitrogens with one attached hydrogen (secondary N) is 1. The molecule has 0 rings (SSSR count). The number of carbonyl (C=O) groups excluding carboxylic acids is 1. The first-order valence-corrected chi connectivity index (χ1v) is 7.70. The topological polar surface area (TPSA) is 29.1 Å². The third kappa shape index (κ3) is 17.1. The van der Waals surface area contributed by atoms with Gasteiger partial charge in [0.25, 0.3) is 0 Å². The Morgan fingerprint density at radius 3 is 2.21 bits per heavy atom. The van der Waals surface area contributed by atoms with Gasteiger partial charge in [-0.25, -0.2) is 0 Å². The van der Waals surface area contributed by atoms with Gasteiger partial charge in [-0.05, 0) is 25.3 Å². The molecular weight excluding hydrogens is 234 g/mol. The number of carbonyl (C=O) groups is 1. The van der Waals surface area contributed by atoms with Gasteiger partial charge in [0.1, 0.15) is 5.78 Å². The molecule has 0 amide bonds. The Balaban J connectivity index is 0. The molecule has 0 aliphatic heterocycles. The molecule has 0 radical (unpaired) electrons. The van der Waals surface area contributed by atoms with Crippen LogP contribution in [0.1, 0.15) is 66.7 Å². The van der Waals surface area contributed by atoms with E-state index in [9.17, 15) is 4.79 Å². The quantitative estimate of drug-likeness (QED) is 0.486. The summed E-state index contributed by atoms with van der Waals surface area (Å²) in [5.41, 5.74) is 1.28. The van der Waals surface area contributed by atoms with Crippen LogP contribution in [0.5, 0.6) is 0 Å². The van der Waals surface area contributed by atoms with Crippen LogP contribution in [0.4, 0.5) is 0 Å². The van der Waals surface area contributed by atoms with Gasteiger partial charge in [0, 0.05) is 25.9 Å². The molecule has 0 spiro atoms. The summed E-state index contributed by atoms with van der Waals surface area (Å²) in [5.74, 6) is 0.362. The number of rotatable bonds is 9. The summed E-state index contributed by atoms with van der Waals surface area (Å²) in [6.07, 6.45) is 11.0. The van der Waals surface area contributed by atoms with E-state index < -0.39 is 0 Å². The van der Waals surface area contributed by atoms with Crippen molar-refractivity contribution in [3.8, 4) is 0 Å². The zero-order valence-electron chi connectivity index (χ0n) is 13.6. The summed E-state index contributed by atoms with van der Waals surface area (Å²) >= 11 is 0. The molecule has 1 N–H and O–H groups in total. The van der Waals surface area contributed by atoms with Crippen molar-refractivity contribution in [1.82, 2.24) is 5.32 Å². The molecule has 2 nitrogen and oxygen atoms in total. The number of allylic oxidation sites excluding steroid dienone is 2. The minimum atomic E-state index is 0.362. The Morgan fingerprint density at radius 2 is 1.74 bits per heavy atom. The molecule has 2 heteroatoms. The first-order chi connectivity index (χ1) is 9.15. The largest absolute Gasteiger partial charge is 0.312 e. The van der Waals surface area contributed by atoms with Crippen LogP contribution in [0.15, 0.2) is 23.8 Å². The van der Waals surface area contributed by atoms with E-state index in [2.05, 4.69) is 44.3 Å². The lowest BCUT2D eigenvalue weighted by Gasteiger charge is -2.04. The summed E-state index contributed by atoms with van der Waals surface area (Å²) in [4.78, 5) is 11.3. The van der Waals surface area contributed by atoms with Gasteiger partial charge in [0.15, 0.2) is 0 Å². The lowest BCUT2D eigenvalue weighted by atomic mass is 10.1. The molecular formula is C17H33NO. The lowest BCUT2D eigenvalue weighted by Crippen LogP contribution is -2.20. The SMILES string of the molecule is C/C=C(\C=C/CC)CNCCC(=O)CCC.CCC. The van der Waals surface area contributed by atoms with Gasteiger partial charge >= 0.3 is 0 Å². The van der Waals surface area contributed by atoms with Crippen LogP contribution in [0.2, 0.25) is 0 Å².